The van der Waals surface area contributed by atoms with Gasteiger partial charge in [-0.15, -0.1) is 0 Å². The molecule has 0 fully saturated rings. The average molecular weight is 144 g/mol. The first-order valence-corrected chi connectivity index (χ1v) is 4.40. The van der Waals surface area contributed by atoms with Crippen LogP contribution in [0.1, 0.15) is 46.5 Å². The second-order valence-electron chi connectivity index (χ2n) is 3.10. The SMILES string of the molecule is CCCC[C@@H](O)[C@H](C)CC. The van der Waals surface area contributed by atoms with Gasteiger partial charge in [-0.3, -0.25) is 0 Å². The van der Waals surface area contributed by atoms with Crippen LogP contribution in [0.5, 0.6) is 0 Å². The van der Waals surface area contributed by atoms with Crippen LogP contribution >= 0.6 is 0 Å². The van der Waals surface area contributed by atoms with E-state index < -0.39 is 0 Å². The summed E-state index contributed by atoms with van der Waals surface area (Å²) >= 11 is 0. The van der Waals surface area contributed by atoms with Crippen LogP contribution in [0.3, 0.4) is 0 Å². The highest BCUT2D eigenvalue weighted by Gasteiger charge is 2.10. The van der Waals surface area contributed by atoms with Crippen molar-refractivity contribution in [1.82, 2.24) is 0 Å². The molecule has 1 heteroatoms. The number of hydrogen-bond donors (Lipinski definition) is 1. The zero-order valence-corrected chi connectivity index (χ0v) is 7.43. The predicted molar refractivity (Wildman–Crippen MR) is 45.0 cm³/mol. The molecule has 0 rings (SSSR count). The Balaban J connectivity index is 3.31. The minimum absolute atomic E-state index is 0.0649. The number of unbranched alkanes of at least 4 members (excludes halogenated alkanes) is 1. The smallest absolute Gasteiger partial charge is 0.0565 e. The van der Waals surface area contributed by atoms with Gasteiger partial charge < -0.3 is 5.11 Å². The Hall–Kier alpha value is -0.0400. The van der Waals surface area contributed by atoms with Crippen molar-refractivity contribution in [1.29, 1.82) is 0 Å². The van der Waals surface area contributed by atoms with E-state index in [9.17, 15) is 5.11 Å². The summed E-state index contributed by atoms with van der Waals surface area (Å²) < 4.78 is 0. The third kappa shape index (κ3) is 3.89. The van der Waals surface area contributed by atoms with E-state index >= 15 is 0 Å². The van der Waals surface area contributed by atoms with Crippen LogP contribution in [0.2, 0.25) is 0 Å². The van der Waals surface area contributed by atoms with E-state index in [-0.39, 0.29) is 6.10 Å². The summed E-state index contributed by atoms with van der Waals surface area (Å²) in [6, 6.07) is 0. The van der Waals surface area contributed by atoms with E-state index in [0.717, 1.165) is 19.3 Å². The summed E-state index contributed by atoms with van der Waals surface area (Å²) in [5.41, 5.74) is 0. The maximum absolute atomic E-state index is 9.45. The van der Waals surface area contributed by atoms with Gasteiger partial charge in [-0.25, -0.2) is 0 Å². The van der Waals surface area contributed by atoms with E-state index in [4.69, 9.17) is 0 Å². The Morgan fingerprint density at radius 3 is 2.30 bits per heavy atom. The van der Waals surface area contributed by atoms with Crippen LogP contribution in [-0.2, 0) is 0 Å². The fourth-order valence-electron chi connectivity index (χ4n) is 0.970. The van der Waals surface area contributed by atoms with Crippen molar-refractivity contribution >= 4 is 0 Å². The molecular formula is C9H20O. The van der Waals surface area contributed by atoms with Gasteiger partial charge in [0.1, 0.15) is 0 Å². The molecule has 0 aromatic rings. The van der Waals surface area contributed by atoms with Crippen molar-refractivity contribution in [3.05, 3.63) is 0 Å². The number of rotatable bonds is 5. The quantitative estimate of drug-likeness (QED) is 0.628. The Kier molecular flexibility index (Phi) is 5.70. The van der Waals surface area contributed by atoms with Crippen molar-refractivity contribution in [2.45, 2.75) is 52.6 Å². The van der Waals surface area contributed by atoms with Crippen LogP contribution in [-0.4, -0.2) is 11.2 Å². The maximum atomic E-state index is 9.45. The zero-order valence-electron chi connectivity index (χ0n) is 7.43. The molecule has 0 aromatic carbocycles. The molecule has 0 heterocycles. The largest absolute Gasteiger partial charge is 0.393 e. The zero-order chi connectivity index (χ0) is 7.98. The Bertz CT molecular complexity index is 71.1. The molecule has 0 radical (unpaired) electrons. The van der Waals surface area contributed by atoms with E-state index in [2.05, 4.69) is 20.8 Å². The lowest BCUT2D eigenvalue weighted by Gasteiger charge is -2.15. The lowest BCUT2D eigenvalue weighted by Crippen LogP contribution is -2.16. The molecular weight excluding hydrogens is 124 g/mol. The molecule has 1 nitrogen and oxygen atoms in total. The molecule has 0 aliphatic carbocycles. The fourth-order valence-corrected chi connectivity index (χ4v) is 0.970. The Morgan fingerprint density at radius 2 is 1.90 bits per heavy atom. The van der Waals surface area contributed by atoms with Crippen LogP contribution < -0.4 is 0 Å². The molecule has 1 N–H and O–H groups in total. The monoisotopic (exact) mass is 144 g/mol. The molecule has 0 aromatic heterocycles. The molecule has 0 aliphatic heterocycles. The molecule has 0 unspecified atom stereocenters. The van der Waals surface area contributed by atoms with Crippen LogP contribution in [0, 0.1) is 5.92 Å². The number of hydrogen-bond acceptors (Lipinski definition) is 1. The summed E-state index contributed by atoms with van der Waals surface area (Å²) in [5.74, 6) is 0.478. The molecule has 0 aliphatic rings. The minimum atomic E-state index is -0.0649. The fraction of sp³-hybridized carbons (Fsp3) is 1.00. The molecule has 0 bridgehead atoms. The van der Waals surface area contributed by atoms with Gasteiger partial charge in [0, 0.05) is 0 Å². The number of aliphatic hydroxyl groups excluding tert-OH is 1. The minimum Gasteiger partial charge on any atom is -0.393 e. The van der Waals surface area contributed by atoms with Gasteiger partial charge in [0.05, 0.1) is 6.10 Å². The molecule has 0 spiro atoms. The van der Waals surface area contributed by atoms with Crippen LogP contribution in [0.25, 0.3) is 0 Å². The summed E-state index contributed by atoms with van der Waals surface area (Å²) in [5, 5.41) is 9.45. The predicted octanol–water partition coefficient (Wildman–Crippen LogP) is 2.58. The van der Waals surface area contributed by atoms with Crippen molar-refractivity contribution in [3.8, 4) is 0 Å². The third-order valence-electron chi connectivity index (χ3n) is 2.15. The van der Waals surface area contributed by atoms with Gasteiger partial charge in [0.25, 0.3) is 0 Å². The normalized spacial score (nSPS) is 16.8. The summed E-state index contributed by atoms with van der Waals surface area (Å²) in [4.78, 5) is 0. The standard InChI is InChI=1S/C9H20O/c1-4-6-7-9(10)8(3)5-2/h8-10H,4-7H2,1-3H3/t8-,9-/m1/s1. The van der Waals surface area contributed by atoms with E-state index in [1.807, 2.05) is 0 Å². The molecule has 62 valence electrons. The Labute approximate surface area is 64.5 Å². The van der Waals surface area contributed by atoms with E-state index in [1.165, 1.54) is 6.42 Å². The second-order valence-corrected chi connectivity index (χ2v) is 3.10. The first-order valence-electron chi connectivity index (χ1n) is 4.40. The van der Waals surface area contributed by atoms with Crippen LogP contribution in [0.4, 0.5) is 0 Å². The van der Waals surface area contributed by atoms with E-state index in [1.54, 1.807) is 0 Å². The van der Waals surface area contributed by atoms with Gasteiger partial charge in [0.2, 0.25) is 0 Å². The molecule has 10 heavy (non-hydrogen) atoms. The molecule has 0 saturated heterocycles. The van der Waals surface area contributed by atoms with Gasteiger partial charge >= 0.3 is 0 Å². The summed E-state index contributed by atoms with van der Waals surface area (Å²) in [7, 11) is 0. The van der Waals surface area contributed by atoms with Gasteiger partial charge in [-0.2, -0.15) is 0 Å². The molecule has 0 saturated carbocycles. The first kappa shape index (κ1) is 9.96. The highest BCUT2D eigenvalue weighted by atomic mass is 16.3. The van der Waals surface area contributed by atoms with Gasteiger partial charge in [-0.05, 0) is 12.3 Å². The lowest BCUT2D eigenvalue weighted by molar-refractivity contribution is 0.103. The van der Waals surface area contributed by atoms with Gasteiger partial charge in [0.15, 0.2) is 0 Å². The van der Waals surface area contributed by atoms with Crippen molar-refractivity contribution < 1.29 is 5.11 Å². The highest BCUT2D eigenvalue weighted by Crippen LogP contribution is 2.12. The molecule has 0 amide bonds. The summed E-state index contributed by atoms with van der Waals surface area (Å²) in [6.45, 7) is 6.39. The average Bonchev–Trinajstić information content (AvgIpc) is 1.98. The van der Waals surface area contributed by atoms with Crippen molar-refractivity contribution in [3.63, 3.8) is 0 Å². The molecule has 2 atom stereocenters. The lowest BCUT2D eigenvalue weighted by atomic mass is 9.98. The number of aliphatic hydroxyl groups is 1. The topological polar surface area (TPSA) is 20.2 Å². The Morgan fingerprint density at radius 1 is 1.30 bits per heavy atom. The first-order chi connectivity index (χ1) is 4.72. The maximum Gasteiger partial charge on any atom is 0.0565 e. The second kappa shape index (κ2) is 5.72. The van der Waals surface area contributed by atoms with Crippen molar-refractivity contribution in [2.75, 3.05) is 0 Å². The highest BCUT2D eigenvalue weighted by molar-refractivity contribution is 4.61. The van der Waals surface area contributed by atoms with Gasteiger partial charge in [-0.1, -0.05) is 40.0 Å². The third-order valence-corrected chi connectivity index (χ3v) is 2.15. The van der Waals surface area contributed by atoms with Crippen LogP contribution in [0.15, 0.2) is 0 Å². The summed E-state index contributed by atoms with van der Waals surface area (Å²) in [6.07, 6.45) is 4.35. The van der Waals surface area contributed by atoms with Crippen molar-refractivity contribution in [2.24, 2.45) is 5.92 Å². The van der Waals surface area contributed by atoms with E-state index in [0.29, 0.717) is 5.92 Å².